The first-order valence-corrected chi connectivity index (χ1v) is 5.86. The van der Waals surface area contributed by atoms with Crippen LogP contribution in [0.25, 0.3) is 11.6 Å². The summed E-state index contributed by atoms with van der Waals surface area (Å²) < 4.78 is 41.8. The van der Waals surface area contributed by atoms with Crippen LogP contribution in [0, 0.1) is 5.92 Å². The summed E-state index contributed by atoms with van der Waals surface area (Å²) in [6, 6.07) is -0.694. The third kappa shape index (κ3) is 3.53. The van der Waals surface area contributed by atoms with E-state index >= 15 is 0 Å². The number of rotatable bonds is 5. The first kappa shape index (κ1) is 14.4. The first-order valence-electron chi connectivity index (χ1n) is 5.86. The van der Waals surface area contributed by atoms with Crippen molar-refractivity contribution in [3.8, 4) is 11.6 Å². The number of halogens is 3. The van der Waals surface area contributed by atoms with Gasteiger partial charge in [0.05, 0.1) is 12.6 Å². The maximum atomic E-state index is 12.3. The van der Waals surface area contributed by atoms with Crippen molar-refractivity contribution in [3.05, 3.63) is 12.2 Å². The van der Waals surface area contributed by atoms with Crippen LogP contribution in [0.1, 0.15) is 25.8 Å². The van der Waals surface area contributed by atoms with E-state index in [4.69, 9.17) is 4.52 Å². The molecule has 0 saturated carbocycles. The predicted octanol–water partition coefficient (Wildman–Crippen LogP) is 1.70. The minimum absolute atomic E-state index is 0.0793. The highest BCUT2D eigenvalue weighted by Gasteiger charge is 2.31. The summed E-state index contributed by atoms with van der Waals surface area (Å²) in [5.74, 6) is 0.367. The molecule has 10 heteroatoms. The van der Waals surface area contributed by atoms with Gasteiger partial charge in [0, 0.05) is 0 Å². The molecular formula is C10H13F3N6O. The molecule has 0 radical (unpaired) electrons. The topological polar surface area (TPSA) is 92.5 Å². The minimum Gasteiger partial charge on any atom is -0.337 e. The molecule has 0 spiro atoms. The lowest BCUT2D eigenvalue weighted by atomic mass is 10.0. The predicted molar refractivity (Wildman–Crippen MR) is 61.3 cm³/mol. The van der Waals surface area contributed by atoms with Crippen LogP contribution in [0.3, 0.4) is 0 Å². The molecule has 0 fully saturated rings. The smallest absolute Gasteiger partial charge is 0.337 e. The Hall–Kier alpha value is -1.97. The van der Waals surface area contributed by atoms with Gasteiger partial charge in [0.1, 0.15) is 6.33 Å². The molecule has 110 valence electrons. The van der Waals surface area contributed by atoms with Crippen molar-refractivity contribution >= 4 is 0 Å². The average Bonchev–Trinajstić information content (AvgIpc) is 2.97. The minimum atomic E-state index is -4.30. The van der Waals surface area contributed by atoms with E-state index in [2.05, 4.69) is 30.6 Å². The Morgan fingerprint density at radius 2 is 2.15 bits per heavy atom. The maximum Gasteiger partial charge on any atom is 0.401 e. The van der Waals surface area contributed by atoms with Gasteiger partial charge in [-0.3, -0.25) is 10.4 Å². The van der Waals surface area contributed by atoms with Crippen molar-refractivity contribution in [1.82, 2.24) is 30.6 Å². The van der Waals surface area contributed by atoms with Gasteiger partial charge in [0.15, 0.2) is 5.82 Å². The van der Waals surface area contributed by atoms with Gasteiger partial charge in [0.25, 0.3) is 0 Å². The first-order chi connectivity index (χ1) is 9.37. The van der Waals surface area contributed by atoms with E-state index in [0.29, 0.717) is 5.82 Å². The van der Waals surface area contributed by atoms with Crippen LogP contribution < -0.4 is 5.32 Å². The lowest BCUT2D eigenvalue weighted by Crippen LogP contribution is -2.34. The second-order valence-electron chi connectivity index (χ2n) is 4.51. The van der Waals surface area contributed by atoms with Crippen LogP contribution in [0.2, 0.25) is 0 Å². The molecule has 7 nitrogen and oxygen atoms in total. The van der Waals surface area contributed by atoms with Crippen LogP contribution in [0.5, 0.6) is 0 Å². The molecule has 0 saturated heterocycles. The molecular weight excluding hydrogens is 277 g/mol. The Labute approximate surface area is 112 Å². The van der Waals surface area contributed by atoms with E-state index < -0.39 is 18.8 Å². The van der Waals surface area contributed by atoms with Crippen molar-refractivity contribution in [2.24, 2.45) is 5.92 Å². The Bertz CT molecular complexity index is 535. The van der Waals surface area contributed by atoms with Crippen molar-refractivity contribution in [3.63, 3.8) is 0 Å². The van der Waals surface area contributed by atoms with Crippen LogP contribution in [0.15, 0.2) is 10.9 Å². The molecule has 2 heterocycles. The zero-order valence-electron chi connectivity index (χ0n) is 10.8. The molecule has 0 aliphatic carbocycles. The number of hydrogen-bond donors (Lipinski definition) is 2. The molecule has 0 aliphatic heterocycles. The van der Waals surface area contributed by atoms with Gasteiger partial charge in [-0.05, 0) is 5.92 Å². The van der Waals surface area contributed by atoms with Crippen LogP contribution in [-0.2, 0) is 0 Å². The summed E-state index contributed by atoms with van der Waals surface area (Å²) in [7, 11) is 0. The fraction of sp³-hybridized carbons (Fsp3) is 0.600. The molecule has 0 aromatic carbocycles. The summed E-state index contributed by atoms with van der Waals surface area (Å²) in [5, 5.41) is 12.2. The Morgan fingerprint density at radius 1 is 1.40 bits per heavy atom. The van der Waals surface area contributed by atoms with E-state index in [1.165, 1.54) is 6.33 Å². The summed E-state index contributed by atoms with van der Waals surface area (Å²) in [6.07, 6.45) is -3.03. The highest BCUT2D eigenvalue weighted by Crippen LogP contribution is 2.23. The third-order valence-electron chi connectivity index (χ3n) is 2.52. The van der Waals surface area contributed by atoms with E-state index in [0.717, 1.165) is 0 Å². The number of aromatic amines is 1. The van der Waals surface area contributed by atoms with E-state index in [9.17, 15) is 13.2 Å². The number of nitrogens with one attached hydrogen (secondary N) is 2. The Kier molecular flexibility index (Phi) is 4.02. The largest absolute Gasteiger partial charge is 0.401 e. The SMILES string of the molecule is CC(C)C(NCC(F)(F)F)c1nc(-c2ncn[nH]2)no1. The van der Waals surface area contributed by atoms with Crippen molar-refractivity contribution in [1.29, 1.82) is 0 Å². The Balaban J connectivity index is 2.14. The van der Waals surface area contributed by atoms with Gasteiger partial charge in [-0.25, -0.2) is 4.98 Å². The second kappa shape index (κ2) is 5.57. The molecule has 0 aliphatic rings. The van der Waals surface area contributed by atoms with Gasteiger partial charge in [0.2, 0.25) is 11.7 Å². The highest BCUT2D eigenvalue weighted by molar-refractivity contribution is 5.39. The Morgan fingerprint density at radius 3 is 2.70 bits per heavy atom. The highest BCUT2D eigenvalue weighted by atomic mass is 19.4. The van der Waals surface area contributed by atoms with Gasteiger partial charge >= 0.3 is 6.18 Å². The lowest BCUT2D eigenvalue weighted by Gasteiger charge is -2.19. The van der Waals surface area contributed by atoms with E-state index in [1.807, 2.05) is 0 Å². The zero-order valence-corrected chi connectivity index (χ0v) is 10.8. The summed E-state index contributed by atoms with van der Waals surface area (Å²) in [4.78, 5) is 7.87. The molecule has 2 N–H and O–H groups in total. The van der Waals surface area contributed by atoms with Gasteiger partial charge in [-0.1, -0.05) is 19.0 Å². The van der Waals surface area contributed by atoms with Crippen LogP contribution in [0.4, 0.5) is 13.2 Å². The van der Waals surface area contributed by atoms with E-state index in [-0.39, 0.29) is 17.6 Å². The molecule has 20 heavy (non-hydrogen) atoms. The van der Waals surface area contributed by atoms with Gasteiger partial charge < -0.3 is 4.52 Å². The third-order valence-corrected chi connectivity index (χ3v) is 2.52. The fourth-order valence-electron chi connectivity index (χ4n) is 1.60. The average molecular weight is 290 g/mol. The quantitative estimate of drug-likeness (QED) is 0.870. The number of alkyl halides is 3. The maximum absolute atomic E-state index is 12.3. The monoisotopic (exact) mass is 290 g/mol. The molecule has 2 aromatic heterocycles. The van der Waals surface area contributed by atoms with Crippen LogP contribution >= 0.6 is 0 Å². The van der Waals surface area contributed by atoms with Crippen molar-refractivity contribution in [2.75, 3.05) is 6.54 Å². The summed E-state index contributed by atoms with van der Waals surface area (Å²) in [6.45, 7) is 2.38. The zero-order chi connectivity index (χ0) is 14.8. The molecule has 2 rings (SSSR count). The number of H-pyrrole nitrogens is 1. The van der Waals surface area contributed by atoms with Crippen molar-refractivity contribution < 1.29 is 17.7 Å². The summed E-state index contributed by atoms with van der Waals surface area (Å²) >= 11 is 0. The number of hydrogen-bond acceptors (Lipinski definition) is 6. The molecule has 0 amide bonds. The summed E-state index contributed by atoms with van der Waals surface area (Å²) in [5.41, 5.74) is 0. The van der Waals surface area contributed by atoms with Gasteiger partial charge in [-0.2, -0.15) is 23.3 Å². The second-order valence-corrected chi connectivity index (χ2v) is 4.51. The molecule has 1 unspecified atom stereocenters. The van der Waals surface area contributed by atoms with Crippen LogP contribution in [-0.4, -0.2) is 38.0 Å². The van der Waals surface area contributed by atoms with E-state index in [1.54, 1.807) is 13.8 Å². The van der Waals surface area contributed by atoms with Gasteiger partial charge in [-0.15, -0.1) is 0 Å². The molecule has 1 atom stereocenters. The molecule has 2 aromatic rings. The molecule has 0 bridgehead atoms. The normalized spacial score (nSPS) is 13.9. The fourth-order valence-corrected chi connectivity index (χ4v) is 1.60. The number of aromatic nitrogens is 5. The van der Waals surface area contributed by atoms with Crippen molar-refractivity contribution in [2.45, 2.75) is 26.1 Å². The standard InChI is InChI=1S/C10H13F3N6O/c1-5(2)6(14-3-10(11,12)13)9-17-8(19-20-9)7-15-4-16-18-7/h4-6,14H,3H2,1-2H3,(H,15,16,18). The lowest BCUT2D eigenvalue weighted by molar-refractivity contribution is -0.127. The number of nitrogens with zero attached hydrogens (tertiary/aromatic N) is 4.